The minimum atomic E-state index is -3.73. The van der Waals surface area contributed by atoms with E-state index in [4.69, 9.17) is 0 Å². The van der Waals surface area contributed by atoms with Crippen molar-refractivity contribution in [1.29, 1.82) is 0 Å². The smallest absolute Gasteiger partial charge is 0.241 e. The maximum absolute atomic E-state index is 12.7. The zero-order chi connectivity index (χ0) is 20.3. The maximum Gasteiger partial charge on any atom is 0.241 e. The predicted octanol–water partition coefficient (Wildman–Crippen LogP) is 2.32. The van der Waals surface area contributed by atoms with Crippen molar-refractivity contribution in [3.63, 3.8) is 0 Å². The van der Waals surface area contributed by atoms with E-state index in [9.17, 15) is 13.2 Å². The normalized spacial score (nSPS) is 16.1. The summed E-state index contributed by atoms with van der Waals surface area (Å²) in [6.07, 6.45) is 0. The first kappa shape index (κ1) is 20.4. The third-order valence-corrected chi connectivity index (χ3v) is 6.55. The van der Waals surface area contributed by atoms with Crippen molar-refractivity contribution in [2.24, 2.45) is 0 Å². The van der Waals surface area contributed by atoms with E-state index < -0.39 is 16.1 Å². The lowest BCUT2D eigenvalue weighted by Crippen LogP contribution is -2.54. The minimum Gasteiger partial charge on any atom is -0.368 e. The first-order valence-corrected chi connectivity index (χ1v) is 10.9. The fourth-order valence-corrected chi connectivity index (χ4v) is 4.55. The number of aryl methyl sites for hydroxylation is 2. The van der Waals surface area contributed by atoms with E-state index in [-0.39, 0.29) is 10.8 Å². The molecule has 2 aromatic rings. The molecule has 7 heteroatoms. The summed E-state index contributed by atoms with van der Waals surface area (Å²) in [5, 5.41) is 0. The van der Waals surface area contributed by atoms with E-state index in [1.54, 1.807) is 36.1 Å². The number of amides is 1. The Labute approximate surface area is 167 Å². The van der Waals surface area contributed by atoms with Gasteiger partial charge in [-0.3, -0.25) is 4.79 Å². The number of piperazine rings is 1. The van der Waals surface area contributed by atoms with Crippen LogP contribution in [0.1, 0.15) is 18.1 Å². The Morgan fingerprint density at radius 1 is 0.964 bits per heavy atom. The van der Waals surface area contributed by atoms with Gasteiger partial charge < -0.3 is 9.80 Å². The van der Waals surface area contributed by atoms with E-state index in [1.807, 2.05) is 13.0 Å². The van der Waals surface area contributed by atoms with Gasteiger partial charge in [0.1, 0.15) is 0 Å². The molecule has 0 radical (unpaired) electrons. The molecule has 0 saturated carbocycles. The predicted molar refractivity (Wildman–Crippen MR) is 111 cm³/mol. The third kappa shape index (κ3) is 4.72. The van der Waals surface area contributed by atoms with Crippen molar-refractivity contribution in [3.8, 4) is 0 Å². The number of nitrogens with zero attached hydrogens (tertiary/aromatic N) is 2. The van der Waals surface area contributed by atoms with E-state index in [2.05, 4.69) is 34.7 Å². The van der Waals surface area contributed by atoms with Gasteiger partial charge in [-0.15, -0.1) is 0 Å². The van der Waals surface area contributed by atoms with Crippen LogP contribution in [0.3, 0.4) is 0 Å². The topological polar surface area (TPSA) is 69.7 Å². The molecular weight excluding hydrogens is 374 g/mol. The molecule has 6 nitrogen and oxygen atoms in total. The first-order valence-electron chi connectivity index (χ1n) is 9.46. The molecule has 2 aromatic carbocycles. The molecule has 150 valence electrons. The highest BCUT2D eigenvalue weighted by molar-refractivity contribution is 7.89. The SMILES string of the molecule is Cc1ccc(S(=O)(=O)N[C@@H](C)C(=O)N2CCN(c3cccc(C)c3)CC2)cc1. The van der Waals surface area contributed by atoms with Crippen molar-refractivity contribution in [1.82, 2.24) is 9.62 Å². The molecule has 0 aliphatic carbocycles. The fourth-order valence-electron chi connectivity index (χ4n) is 3.35. The second-order valence-electron chi connectivity index (χ2n) is 7.31. The Morgan fingerprint density at radius 3 is 2.21 bits per heavy atom. The monoisotopic (exact) mass is 401 g/mol. The first-order chi connectivity index (χ1) is 13.3. The van der Waals surface area contributed by atoms with Gasteiger partial charge >= 0.3 is 0 Å². The van der Waals surface area contributed by atoms with Crippen molar-refractivity contribution in [2.45, 2.75) is 31.7 Å². The Bertz CT molecular complexity index is 934. The van der Waals surface area contributed by atoms with Crippen LogP contribution in [0.15, 0.2) is 53.4 Å². The van der Waals surface area contributed by atoms with Crippen LogP contribution in [0.2, 0.25) is 0 Å². The number of nitrogens with one attached hydrogen (secondary N) is 1. The molecule has 1 saturated heterocycles. The third-order valence-electron chi connectivity index (χ3n) is 4.99. The Hall–Kier alpha value is -2.38. The molecule has 1 heterocycles. The van der Waals surface area contributed by atoms with Crippen LogP contribution in [0, 0.1) is 13.8 Å². The van der Waals surface area contributed by atoms with Crippen LogP contribution in [-0.4, -0.2) is 51.4 Å². The van der Waals surface area contributed by atoms with Crippen LogP contribution < -0.4 is 9.62 Å². The van der Waals surface area contributed by atoms with Crippen LogP contribution in [-0.2, 0) is 14.8 Å². The standard InChI is InChI=1S/C21H27N3O3S/c1-16-7-9-20(10-8-16)28(26,27)22-18(3)21(25)24-13-11-23(12-14-24)19-6-4-5-17(2)15-19/h4-10,15,18,22H,11-14H2,1-3H3/t18-/m0/s1. The molecule has 1 aliphatic heterocycles. The largest absolute Gasteiger partial charge is 0.368 e. The van der Waals surface area contributed by atoms with Crippen LogP contribution >= 0.6 is 0 Å². The maximum atomic E-state index is 12.7. The van der Waals surface area contributed by atoms with E-state index in [0.717, 1.165) is 24.3 Å². The van der Waals surface area contributed by atoms with E-state index in [0.29, 0.717) is 13.1 Å². The molecule has 0 aromatic heterocycles. The fraction of sp³-hybridized carbons (Fsp3) is 0.381. The lowest BCUT2D eigenvalue weighted by molar-refractivity contribution is -0.132. The second kappa shape index (κ2) is 8.32. The van der Waals surface area contributed by atoms with Gasteiger partial charge in [0.2, 0.25) is 15.9 Å². The summed E-state index contributed by atoms with van der Waals surface area (Å²) in [5.74, 6) is -0.195. The summed E-state index contributed by atoms with van der Waals surface area (Å²) in [7, 11) is -3.73. The highest BCUT2D eigenvalue weighted by atomic mass is 32.2. The van der Waals surface area contributed by atoms with Crippen molar-refractivity contribution < 1.29 is 13.2 Å². The Kier molecular flexibility index (Phi) is 6.05. The molecule has 3 rings (SSSR count). The van der Waals surface area contributed by atoms with Crippen LogP contribution in [0.5, 0.6) is 0 Å². The summed E-state index contributed by atoms with van der Waals surface area (Å²) in [4.78, 5) is 16.9. The molecule has 0 unspecified atom stereocenters. The molecular formula is C21H27N3O3S. The Balaban J connectivity index is 1.59. The van der Waals surface area contributed by atoms with Gasteiger partial charge in [-0.05, 0) is 50.6 Å². The summed E-state index contributed by atoms with van der Waals surface area (Å²) >= 11 is 0. The number of carbonyl (C=O) groups excluding carboxylic acids is 1. The number of sulfonamides is 1. The number of anilines is 1. The van der Waals surface area contributed by atoms with Crippen LogP contribution in [0.25, 0.3) is 0 Å². The highest BCUT2D eigenvalue weighted by Gasteiger charge is 2.28. The highest BCUT2D eigenvalue weighted by Crippen LogP contribution is 2.18. The Morgan fingerprint density at radius 2 is 1.61 bits per heavy atom. The van der Waals surface area contributed by atoms with E-state index >= 15 is 0 Å². The van der Waals surface area contributed by atoms with Gasteiger partial charge in [0.05, 0.1) is 10.9 Å². The number of carbonyl (C=O) groups is 1. The number of hydrogen-bond donors (Lipinski definition) is 1. The van der Waals surface area contributed by atoms with Crippen molar-refractivity contribution in [3.05, 3.63) is 59.7 Å². The molecule has 1 amide bonds. The van der Waals surface area contributed by atoms with Crippen LogP contribution in [0.4, 0.5) is 5.69 Å². The minimum absolute atomic E-state index is 0.169. The lowest BCUT2D eigenvalue weighted by atomic mass is 10.2. The van der Waals surface area contributed by atoms with Gasteiger partial charge in [0.15, 0.2) is 0 Å². The van der Waals surface area contributed by atoms with Gasteiger partial charge in [-0.2, -0.15) is 4.72 Å². The van der Waals surface area contributed by atoms with Gasteiger partial charge in [-0.1, -0.05) is 29.8 Å². The van der Waals surface area contributed by atoms with Gasteiger partial charge in [0, 0.05) is 31.9 Å². The average molecular weight is 402 g/mol. The molecule has 1 fully saturated rings. The average Bonchev–Trinajstić information content (AvgIpc) is 2.67. The molecule has 0 spiro atoms. The van der Waals surface area contributed by atoms with Crippen molar-refractivity contribution in [2.75, 3.05) is 31.1 Å². The quantitative estimate of drug-likeness (QED) is 0.835. The summed E-state index contributed by atoms with van der Waals surface area (Å²) < 4.78 is 27.5. The molecule has 1 aliphatic rings. The molecule has 1 N–H and O–H groups in total. The lowest BCUT2D eigenvalue weighted by Gasteiger charge is -2.37. The zero-order valence-corrected chi connectivity index (χ0v) is 17.4. The molecule has 0 bridgehead atoms. The summed E-state index contributed by atoms with van der Waals surface area (Å²) in [6.45, 7) is 8.16. The second-order valence-corrected chi connectivity index (χ2v) is 9.02. The number of hydrogen-bond acceptors (Lipinski definition) is 4. The van der Waals surface area contributed by atoms with Gasteiger partial charge in [-0.25, -0.2) is 8.42 Å². The number of benzene rings is 2. The number of rotatable bonds is 5. The zero-order valence-electron chi connectivity index (χ0n) is 16.6. The van der Waals surface area contributed by atoms with Gasteiger partial charge in [0.25, 0.3) is 0 Å². The molecule has 28 heavy (non-hydrogen) atoms. The van der Waals surface area contributed by atoms with E-state index in [1.165, 1.54) is 5.56 Å². The summed E-state index contributed by atoms with van der Waals surface area (Å²) in [5.41, 5.74) is 3.34. The molecule has 1 atom stereocenters. The van der Waals surface area contributed by atoms with Crippen molar-refractivity contribution >= 4 is 21.6 Å². The summed E-state index contributed by atoms with van der Waals surface area (Å²) in [6, 6.07) is 14.1.